The average molecular weight is 703 g/mol. The van der Waals surface area contributed by atoms with E-state index in [1.54, 1.807) is 0 Å². The molecule has 0 N–H and O–H groups in total. The van der Waals surface area contributed by atoms with E-state index in [4.69, 9.17) is 18.9 Å². The lowest BCUT2D eigenvalue weighted by Crippen LogP contribution is -2.79. The molecule has 10 aliphatic carbocycles. The Hall–Kier alpha value is -4.46. The van der Waals surface area contributed by atoms with Crippen LogP contribution in [-0.4, -0.2) is 52.3 Å². The number of hydrogen-bond donors (Lipinski definition) is 0. The normalized spacial score (nSPS) is 43.8. The van der Waals surface area contributed by atoms with Gasteiger partial charge in [0.15, 0.2) is 0 Å². The molecule has 0 saturated heterocycles. The molecular formula is C44H46O8. The molecule has 4 saturated carbocycles. The standard InChI is InChI=1S/C44H46O8/c1-43-33(21-13-9-7-10-14-21)34(22-15-11-8-12-16-22)44(2,36-26-20-19-25(35(36)43)31(41(47)51-5)32(26)42(48)52-6)38-28-24-18-17-23(27(28)37(38)43)29(39(45)49-3)30(24)40(46)50-4/h7-20,23-32,35-38H,1-6H3/t23-,24+,25-,26-,27+,28+,29+,30-,31+,32-,35+,36-,37+,38+,43-,44-/m0/s1. The summed E-state index contributed by atoms with van der Waals surface area (Å²) in [5.41, 5.74) is 3.88. The van der Waals surface area contributed by atoms with Crippen molar-refractivity contribution in [2.24, 2.45) is 93.7 Å². The van der Waals surface area contributed by atoms with Gasteiger partial charge in [0.25, 0.3) is 0 Å². The number of carbonyl (C=O) groups excluding carboxylic acids is 4. The number of esters is 4. The van der Waals surface area contributed by atoms with Gasteiger partial charge in [0.05, 0.1) is 52.1 Å². The van der Waals surface area contributed by atoms with Crippen LogP contribution in [0.15, 0.2) is 85.0 Å². The van der Waals surface area contributed by atoms with Crippen molar-refractivity contribution in [2.45, 2.75) is 13.8 Å². The second kappa shape index (κ2) is 11.5. The molecule has 10 aliphatic rings. The fourth-order valence-corrected chi connectivity index (χ4v) is 14.3. The second-order valence-corrected chi connectivity index (χ2v) is 16.6. The van der Waals surface area contributed by atoms with Crippen LogP contribution in [0, 0.1) is 93.7 Å². The molecule has 4 fully saturated rings. The van der Waals surface area contributed by atoms with Gasteiger partial charge in [-0.1, -0.05) is 98.8 Å². The van der Waals surface area contributed by atoms with Gasteiger partial charge in [-0.05, 0) is 81.5 Å². The fourth-order valence-electron chi connectivity index (χ4n) is 14.3. The molecule has 0 aliphatic heterocycles. The van der Waals surface area contributed by atoms with Gasteiger partial charge in [-0.2, -0.15) is 0 Å². The van der Waals surface area contributed by atoms with Gasteiger partial charge in [-0.15, -0.1) is 0 Å². The first-order valence-electron chi connectivity index (χ1n) is 18.6. The molecule has 2 aromatic carbocycles. The SMILES string of the molecule is COC(=O)[C@@H]1[C@H]2C=C[C@@H]([C@@H]1C(=O)OC)[C@@H]1[C@@H]2[C@@H]2[C@@H]1[C@@]1(C)C(c3ccccc3)=C(c3ccccc3)[C@@]2(C)[C@@H]2[C@H]3C=C[C@@H]([C@H](C(=O)OC)[C@@H]3C(=O)OC)[C@@H]21. The number of allylic oxidation sites excluding steroid dienone is 6. The van der Waals surface area contributed by atoms with Crippen LogP contribution in [0.4, 0.5) is 0 Å². The molecule has 0 radical (unpaired) electrons. The van der Waals surface area contributed by atoms with Crippen molar-refractivity contribution in [1.82, 2.24) is 0 Å². The van der Waals surface area contributed by atoms with Crippen molar-refractivity contribution >= 4 is 35.0 Å². The third kappa shape index (κ3) is 3.83. The number of carbonyl (C=O) groups is 4. The molecule has 0 spiro atoms. The zero-order valence-electron chi connectivity index (χ0n) is 30.4. The molecule has 2 aromatic rings. The molecule has 0 unspecified atom stereocenters. The molecular weight excluding hydrogens is 656 g/mol. The zero-order chi connectivity index (χ0) is 36.4. The van der Waals surface area contributed by atoms with Gasteiger partial charge in [0.1, 0.15) is 0 Å². The van der Waals surface area contributed by atoms with Gasteiger partial charge in [-0.3, -0.25) is 19.2 Å². The average Bonchev–Trinajstić information content (AvgIpc) is 3.17. The summed E-state index contributed by atoms with van der Waals surface area (Å²) in [6, 6.07) is 21.3. The van der Waals surface area contributed by atoms with E-state index in [9.17, 15) is 19.2 Å². The van der Waals surface area contributed by atoms with Crippen LogP contribution in [0.2, 0.25) is 0 Å². The predicted octanol–water partition coefficient (Wildman–Crippen LogP) is 6.14. The molecule has 0 heterocycles. The maximum atomic E-state index is 13.9. The van der Waals surface area contributed by atoms with Crippen molar-refractivity contribution in [3.8, 4) is 0 Å². The third-order valence-electron chi connectivity index (χ3n) is 15.4. The molecule has 6 bridgehead atoms. The van der Waals surface area contributed by atoms with E-state index in [-0.39, 0.29) is 83.1 Å². The third-order valence-corrected chi connectivity index (χ3v) is 15.4. The largest absolute Gasteiger partial charge is 0.469 e. The molecule has 8 nitrogen and oxygen atoms in total. The van der Waals surface area contributed by atoms with Crippen molar-refractivity contribution in [3.05, 3.63) is 96.1 Å². The van der Waals surface area contributed by atoms with Gasteiger partial charge in [0.2, 0.25) is 0 Å². The molecule has 52 heavy (non-hydrogen) atoms. The Morgan fingerprint density at radius 1 is 0.442 bits per heavy atom. The van der Waals surface area contributed by atoms with Crippen LogP contribution >= 0.6 is 0 Å². The van der Waals surface area contributed by atoms with E-state index in [1.165, 1.54) is 39.6 Å². The Kier molecular flexibility index (Phi) is 7.39. The minimum Gasteiger partial charge on any atom is -0.469 e. The summed E-state index contributed by atoms with van der Waals surface area (Å²) in [6.07, 6.45) is 8.73. The van der Waals surface area contributed by atoms with Crippen LogP contribution in [-0.2, 0) is 38.1 Å². The number of ether oxygens (including phenoxy) is 4. The summed E-state index contributed by atoms with van der Waals surface area (Å²) in [5.74, 6) is -4.72. The summed E-state index contributed by atoms with van der Waals surface area (Å²) in [7, 11) is 5.61. The first-order valence-corrected chi connectivity index (χ1v) is 18.6. The van der Waals surface area contributed by atoms with Crippen LogP contribution in [0.1, 0.15) is 25.0 Å². The molecule has 270 valence electrons. The Labute approximate surface area is 304 Å². The number of methoxy groups -OCH3 is 4. The highest BCUT2D eigenvalue weighted by Crippen LogP contribution is 2.87. The van der Waals surface area contributed by atoms with Crippen LogP contribution in [0.5, 0.6) is 0 Å². The van der Waals surface area contributed by atoms with E-state index in [0.29, 0.717) is 0 Å². The van der Waals surface area contributed by atoms with Gasteiger partial charge in [0, 0.05) is 10.8 Å². The van der Waals surface area contributed by atoms with E-state index >= 15 is 0 Å². The number of rotatable bonds is 6. The lowest BCUT2D eigenvalue weighted by molar-refractivity contribution is -0.291. The monoisotopic (exact) mass is 702 g/mol. The van der Waals surface area contributed by atoms with Gasteiger partial charge >= 0.3 is 23.9 Å². The van der Waals surface area contributed by atoms with Crippen molar-refractivity contribution < 1.29 is 38.1 Å². The molecule has 0 amide bonds. The summed E-state index contributed by atoms with van der Waals surface area (Å²) in [5, 5.41) is 0. The second-order valence-electron chi connectivity index (χ2n) is 16.6. The van der Waals surface area contributed by atoms with Crippen LogP contribution < -0.4 is 0 Å². The van der Waals surface area contributed by atoms with Crippen molar-refractivity contribution in [2.75, 3.05) is 28.4 Å². The van der Waals surface area contributed by atoms with E-state index < -0.39 is 34.5 Å². The summed E-state index contributed by atoms with van der Waals surface area (Å²) in [4.78, 5) is 55.1. The number of benzene rings is 2. The highest BCUT2D eigenvalue weighted by Gasteiger charge is 2.83. The molecule has 8 heteroatoms. The quantitative estimate of drug-likeness (QED) is 0.201. The van der Waals surface area contributed by atoms with Crippen LogP contribution in [0.25, 0.3) is 11.1 Å². The predicted molar refractivity (Wildman–Crippen MR) is 191 cm³/mol. The van der Waals surface area contributed by atoms with Gasteiger partial charge in [-0.25, -0.2) is 0 Å². The summed E-state index contributed by atoms with van der Waals surface area (Å²) < 4.78 is 21.8. The Balaban J connectivity index is 1.35. The van der Waals surface area contributed by atoms with Gasteiger partial charge < -0.3 is 18.9 Å². The van der Waals surface area contributed by atoms with E-state index in [1.807, 2.05) is 12.1 Å². The summed E-state index contributed by atoms with van der Waals surface area (Å²) in [6.45, 7) is 4.82. The van der Waals surface area contributed by atoms with E-state index in [0.717, 1.165) is 11.1 Å². The van der Waals surface area contributed by atoms with E-state index in [2.05, 4.69) is 86.7 Å². The molecule has 16 atom stereocenters. The topological polar surface area (TPSA) is 105 Å². The highest BCUT2D eigenvalue weighted by molar-refractivity contribution is 5.99. The Bertz CT molecular complexity index is 1810. The maximum Gasteiger partial charge on any atom is 0.310 e. The van der Waals surface area contributed by atoms with Crippen LogP contribution in [0.3, 0.4) is 0 Å². The number of fused-ring (bicyclic) bond motifs is 2. The Morgan fingerprint density at radius 3 is 1.04 bits per heavy atom. The first-order chi connectivity index (χ1) is 25.1. The maximum absolute atomic E-state index is 13.9. The van der Waals surface area contributed by atoms with Crippen molar-refractivity contribution in [1.29, 1.82) is 0 Å². The lowest BCUT2D eigenvalue weighted by Gasteiger charge is -2.83. The Morgan fingerprint density at radius 2 is 0.731 bits per heavy atom. The minimum absolute atomic E-state index is 0.0141. The molecule has 0 aromatic heterocycles. The zero-order valence-corrected chi connectivity index (χ0v) is 30.4. The minimum atomic E-state index is -0.686. The molecule has 12 rings (SSSR count). The fraction of sp³-hybridized carbons (Fsp3) is 0.500. The number of hydrogen-bond acceptors (Lipinski definition) is 8. The van der Waals surface area contributed by atoms with Crippen molar-refractivity contribution in [3.63, 3.8) is 0 Å². The lowest BCUT2D eigenvalue weighted by atomic mass is 9.20. The smallest absolute Gasteiger partial charge is 0.310 e. The summed E-state index contributed by atoms with van der Waals surface area (Å²) >= 11 is 0. The highest BCUT2D eigenvalue weighted by atomic mass is 16.5. The first kappa shape index (κ1) is 33.4.